The Hall–Kier alpha value is -2.91. The van der Waals surface area contributed by atoms with Crippen LogP contribution < -0.4 is 10.6 Å². The van der Waals surface area contributed by atoms with Crippen molar-refractivity contribution in [1.82, 2.24) is 10.6 Å². The van der Waals surface area contributed by atoms with Crippen LogP contribution >= 0.6 is 0 Å². The number of amides is 1. The molecule has 1 saturated carbocycles. The van der Waals surface area contributed by atoms with E-state index in [0.717, 1.165) is 11.1 Å². The first-order valence-corrected chi connectivity index (χ1v) is 11.7. The predicted octanol–water partition coefficient (Wildman–Crippen LogP) is 3.72. The van der Waals surface area contributed by atoms with Crippen LogP contribution in [0.15, 0.2) is 60.7 Å². The molecule has 188 valence electrons. The van der Waals surface area contributed by atoms with Gasteiger partial charge in [-0.2, -0.15) is 13.2 Å². The number of alkyl halides is 3. The first-order chi connectivity index (χ1) is 16.8. The Bertz CT molecular complexity index is 1010. The SMILES string of the molecule is CO[C@@H]([C@@H]1CCCN1)[C@H](C(=O)N[C@@]1(C(=O)OCc2ccccc2)C[C@@H]1c1ccccc1)C(F)(F)F. The van der Waals surface area contributed by atoms with Crippen molar-refractivity contribution < 1.29 is 32.2 Å². The van der Waals surface area contributed by atoms with E-state index >= 15 is 0 Å². The smallest absolute Gasteiger partial charge is 0.403 e. The number of benzene rings is 2. The maximum absolute atomic E-state index is 14.2. The van der Waals surface area contributed by atoms with Gasteiger partial charge in [-0.15, -0.1) is 0 Å². The van der Waals surface area contributed by atoms with Crippen molar-refractivity contribution in [2.45, 2.75) is 55.6 Å². The van der Waals surface area contributed by atoms with Gasteiger partial charge in [0.25, 0.3) is 0 Å². The number of hydrogen-bond acceptors (Lipinski definition) is 5. The van der Waals surface area contributed by atoms with Crippen LogP contribution in [-0.4, -0.2) is 49.4 Å². The lowest BCUT2D eigenvalue weighted by Gasteiger charge is -2.32. The number of hydrogen-bond donors (Lipinski definition) is 2. The standard InChI is InChI=1S/C26H29F3N2O4/c1-34-22(20-13-8-14-30-20)21(26(27,28)29)23(32)31-25(15-19(25)18-11-6-3-7-12-18)24(33)35-16-17-9-4-2-5-10-17/h2-7,9-12,19-22,30H,8,13-16H2,1H3,(H,31,32)/t19-,20+,21-,22+,25+/m1/s1. The van der Waals surface area contributed by atoms with Gasteiger partial charge in [-0.05, 0) is 36.9 Å². The van der Waals surface area contributed by atoms with Crippen LogP contribution in [0.25, 0.3) is 0 Å². The zero-order valence-corrected chi connectivity index (χ0v) is 19.4. The molecule has 5 atom stereocenters. The Kier molecular flexibility index (Phi) is 7.47. The van der Waals surface area contributed by atoms with E-state index in [1.165, 1.54) is 7.11 Å². The molecule has 6 nitrogen and oxygen atoms in total. The van der Waals surface area contributed by atoms with Gasteiger partial charge in [-0.3, -0.25) is 4.79 Å². The molecule has 35 heavy (non-hydrogen) atoms. The van der Waals surface area contributed by atoms with Crippen LogP contribution in [0.5, 0.6) is 0 Å². The first-order valence-electron chi connectivity index (χ1n) is 11.7. The van der Waals surface area contributed by atoms with Crippen LogP contribution in [0.1, 0.15) is 36.3 Å². The zero-order chi connectivity index (χ0) is 25.1. The summed E-state index contributed by atoms with van der Waals surface area (Å²) in [4.78, 5) is 26.4. The van der Waals surface area contributed by atoms with Crippen LogP contribution in [0.3, 0.4) is 0 Å². The fraction of sp³-hybridized carbons (Fsp3) is 0.462. The van der Waals surface area contributed by atoms with Crippen molar-refractivity contribution in [2.75, 3.05) is 13.7 Å². The van der Waals surface area contributed by atoms with Gasteiger partial charge >= 0.3 is 12.1 Å². The highest BCUT2D eigenvalue weighted by Crippen LogP contribution is 2.53. The van der Waals surface area contributed by atoms with E-state index in [9.17, 15) is 22.8 Å². The number of carbonyl (C=O) groups excluding carboxylic acids is 2. The molecule has 0 spiro atoms. The molecule has 2 fully saturated rings. The molecule has 0 unspecified atom stereocenters. The molecule has 2 N–H and O–H groups in total. The number of halogens is 3. The molecule has 0 radical (unpaired) electrons. The molecule has 0 bridgehead atoms. The van der Waals surface area contributed by atoms with Crippen molar-refractivity contribution in [2.24, 2.45) is 5.92 Å². The number of methoxy groups -OCH3 is 1. The lowest BCUT2D eigenvalue weighted by molar-refractivity contribution is -0.209. The largest absolute Gasteiger partial charge is 0.459 e. The highest BCUT2D eigenvalue weighted by atomic mass is 19.4. The van der Waals surface area contributed by atoms with E-state index in [1.807, 2.05) is 6.07 Å². The average Bonchev–Trinajstić information content (AvgIpc) is 3.31. The van der Waals surface area contributed by atoms with Gasteiger partial charge in [-0.1, -0.05) is 60.7 Å². The summed E-state index contributed by atoms with van der Waals surface area (Å²) in [6.45, 7) is 0.511. The Morgan fingerprint density at radius 3 is 2.34 bits per heavy atom. The van der Waals surface area contributed by atoms with Crippen molar-refractivity contribution in [3.8, 4) is 0 Å². The van der Waals surface area contributed by atoms with Crippen molar-refractivity contribution in [3.63, 3.8) is 0 Å². The zero-order valence-electron chi connectivity index (χ0n) is 19.4. The number of ether oxygens (including phenoxy) is 2. The van der Waals surface area contributed by atoms with Crippen LogP contribution in [0.4, 0.5) is 13.2 Å². The molecule has 0 aromatic heterocycles. The average molecular weight is 491 g/mol. The third kappa shape index (κ3) is 5.51. The van der Waals surface area contributed by atoms with Gasteiger partial charge in [0.2, 0.25) is 5.91 Å². The summed E-state index contributed by atoms with van der Waals surface area (Å²) in [5, 5.41) is 5.45. The van der Waals surface area contributed by atoms with E-state index in [-0.39, 0.29) is 13.0 Å². The Morgan fingerprint density at radius 1 is 1.11 bits per heavy atom. The normalized spacial score (nSPS) is 25.5. The highest BCUT2D eigenvalue weighted by molar-refractivity contribution is 5.94. The third-order valence-electron chi connectivity index (χ3n) is 6.82. The second-order valence-electron chi connectivity index (χ2n) is 9.11. The fourth-order valence-corrected chi connectivity index (χ4v) is 4.92. The van der Waals surface area contributed by atoms with E-state index in [2.05, 4.69) is 10.6 Å². The van der Waals surface area contributed by atoms with Gasteiger partial charge < -0.3 is 20.1 Å². The number of esters is 1. The summed E-state index contributed by atoms with van der Waals surface area (Å²) in [6.07, 6.45) is -4.96. The van der Waals surface area contributed by atoms with E-state index < -0.39 is 47.6 Å². The van der Waals surface area contributed by atoms with Gasteiger partial charge in [0.05, 0.1) is 6.10 Å². The van der Waals surface area contributed by atoms with Crippen LogP contribution in [0.2, 0.25) is 0 Å². The lowest BCUT2D eigenvalue weighted by Crippen LogP contribution is -2.57. The second kappa shape index (κ2) is 10.4. The minimum Gasteiger partial charge on any atom is -0.459 e. The number of rotatable bonds is 9. The van der Waals surface area contributed by atoms with Crippen LogP contribution in [0, 0.1) is 5.92 Å². The number of carbonyl (C=O) groups is 2. The van der Waals surface area contributed by atoms with E-state index in [1.54, 1.807) is 54.6 Å². The van der Waals surface area contributed by atoms with Crippen LogP contribution in [-0.2, 0) is 25.7 Å². The van der Waals surface area contributed by atoms with E-state index in [4.69, 9.17) is 9.47 Å². The molecule has 2 aromatic rings. The quantitative estimate of drug-likeness (QED) is 0.524. The second-order valence-corrected chi connectivity index (χ2v) is 9.11. The molecule has 9 heteroatoms. The summed E-state index contributed by atoms with van der Waals surface area (Å²) in [6, 6.07) is 17.3. The van der Waals surface area contributed by atoms with Crippen molar-refractivity contribution in [3.05, 3.63) is 71.8 Å². The summed E-state index contributed by atoms with van der Waals surface area (Å²) >= 11 is 0. The molecular formula is C26H29F3N2O4. The van der Waals surface area contributed by atoms with Gasteiger partial charge in [0.15, 0.2) is 5.92 Å². The topological polar surface area (TPSA) is 76.7 Å². The first kappa shape index (κ1) is 25.2. The monoisotopic (exact) mass is 490 g/mol. The molecule has 2 aliphatic rings. The Balaban J connectivity index is 1.58. The summed E-state index contributed by atoms with van der Waals surface area (Å²) in [5.74, 6) is -4.96. The lowest BCUT2D eigenvalue weighted by atomic mass is 9.92. The third-order valence-corrected chi connectivity index (χ3v) is 6.82. The minimum absolute atomic E-state index is 0.0474. The molecule has 2 aromatic carbocycles. The molecular weight excluding hydrogens is 461 g/mol. The molecule has 4 rings (SSSR count). The molecule has 1 saturated heterocycles. The predicted molar refractivity (Wildman–Crippen MR) is 122 cm³/mol. The van der Waals surface area contributed by atoms with Crippen molar-refractivity contribution >= 4 is 11.9 Å². The Labute approximate surface area is 202 Å². The number of nitrogens with one attached hydrogen (secondary N) is 2. The van der Waals surface area contributed by atoms with Gasteiger partial charge in [0, 0.05) is 19.1 Å². The highest BCUT2D eigenvalue weighted by Gasteiger charge is 2.65. The summed E-state index contributed by atoms with van der Waals surface area (Å²) < 4.78 is 53.2. The van der Waals surface area contributed by atoms with Gasteiger partial charge in [-0.25, -0.2) is 4.79 Å². The molecule has 1 heterocycles. The minimum atomic E-state index is -4.86. The fourth-order valence-electron chi connectivity index (χ4n) is 4.92. The van der Waals surface area contributed by atoms with E-state index in [0.29, 0.717) is 19.4 Å². The van der Waals surface area contributed by atoms with Gasteiger partial charge in [0.1, 0.15) is 12.1 Å². The maximum atomic E-state index is 14.2. The molecule has 1 aliphatic carbocycles. The molecule has 1 aliphatic heterocycles. The Morgan fingerprint density at radius 2 is 1.77 bits per heavy atom. The summed E-state index contributed by atoms with van der Waals surface area (Å²) in [5.41, 5.74) is -0.0918. The maximum Gasteiger partial charge on any atom is 0.403 e. The summed E-state index contributed by atoms with van der Waals surface area (Å²) in [7, 11) is 1.17. The molecule has 1 amide bonds. The van der Waals surface area contributed by atoms with Crippen molar-refractivity contribution in [1.29, 1.82) is 0 Å².